The van der Waals surface area contributed by atoms with Gasteiger partial charge in [0.05, 0.1) is 6.20 Å². The van der Waals surface area contributed by atoms with Gasteiger partial charge in [-0.25, -0.2) is 14.4 Å². The number of aromatic nitrogens is 3. The summed E-state index contributed by atoms with van der Waals surface area (Å²) in [5.41, 5.74) is 5.50. The minimum atomic E-state index is -0.433. The number of nitrogens with two attached hydrogens (primary N) is 1. The molecule has 2 aromatic heterocycles. The lowest BCUT2D eigenvalue weighted by molar-refractivity contribution is 0.583. The number of anilines is 3. The van der Waals surface area contributed by atoms with Crippen LogP contribution in [-0.4, -0.2) is 41.1 Å². The molecule has 0 aromatic carbocycles. The lowest BCUT2D eigenvalue weighted by Gasteiger charge is -2.35. The maximum absolute atomic E-state index is 13.7. The van der Waals surface area contributed by atoms with Crippen LogP contribution in [0.3, 0.4) is 0 Å². The first-order valence-corrected chi connectivity index (χ1v) is 6.79. The molecule has 6 nitrogen and oxygen atoms in total. The Morgan fingerprint density at radius 1 is 1.16 bits per heavy atom. The Bertz CT molecular complexity index is 552. The first-order chi connectivity index (χ1) is 9.24. The zero-order valence-corrected chi connectivity index (χ0v) is 11.0. The van der Waals surface area contributed by atoms with Gasteiger partial charge in [-0.3, -0.25) is 0 Å². The van der Waals surface area contributed by atoms with E-state index in [1.807, 2.05) is 10.3 Å². The van der Waals surface area contributed by atoms with E-state index in [0.29, 0.717) is 13.1 Å². The molecule has 0 atom stereocenters. The molecule has 8 heteroatoms. The van der Waals surface area contributed by atoms with Crippen LogP contribution in [0.5, 0.6) is 0 Å². The summed E-state index contributed by atoms with van der Waals surface area (Å²) in [5.74, 6) is -0.0538. The molecule has 3 rings (SSSR count). The molecule has 0 amide bonds. The van der Waals surface area contributed by atoms with Crippen molar-refractivity contribution in [2.45, 2.75) is 0 Å². The number of nitrogen functional groups attached to an aromatic ring is 1. The van der Waals surface area contributed by atoms with Gasteiger partial charge in [-0.05, 0) is 0 Å². The lowest BCUT2D eigenvalue weighted by atomic mass is 10.3. The summed E-state index contributed by atoms with van der Waals surface area (Å²) < 4.78 is 13.7. The maximum atomic E-state index is 13.7. The van der Waals surface area contributed by atoms with Crippen molar-refractivity contribution in [2.24, 2.45) is 0 Å². The maximum Gasteiger partial charge on any atom is 0.222 e. The van der Waals surface area contributed by atoms with Crippen molar-refractivity contribution < 1.29 is 4.39 Å². The molecule has 1 aliphatic rings. The molecule has 0 radical (unpaired) electrons. The summed E-state index contributed by atoms with van der Waals surface area (Å²) in [6, 6.07) is 0. The molecule has 1 saturated heterocycles. The summed E-state index contributed by atoms with van der Waals surface area (Å²) in [4.78, 5) is 16.0. The SMILES string of the molecule is Nc1ncc(F)c(N2CCN(c3nccs3)CC2)n1. The summed E-state index contributed by atoms with van der Waals surface area (Å²) in [6.07, 6.45) is 2.90. The van der Waals surface area contributed by atoms with Gasteiger partial charge in [-0.15, -0.1) is 11.3 Å². The Morgan fingerprint density at radius 3 is 2.58 bits per heavy atom. The molecule has 1 fully saturated rings. The predicted molar refractivity (Wildman–Crippen MR) is 72.9 cm³/mol. The zero-order chi connectivity index (χ0) is 13.2. The van der Waals surface area contributed by atoms with Gasteiger partial charge in [0, 0.05) is 37.8 Å². The fourth-order valence-corrected chi connectivity index (χ4v) is 2.77. The second kappa shape index (κ2) is 4.96. The Kier molecular flexibility index (Phi) is 3.16. The topological polar surface area (TPSA) is 71.2 Å². The lowest BCUT2D eigenvalue weighted by Crippen LogP contribution is -2.47. The number of thiazole rings is 1. The van der Waals surface area contributed by atoms with E-state index in [-0.39, 0.29) is 11.8 Å². The summed E-state index contributed by atoms with van der Waals surface area (Å²) in [5, 5.41) is 2.95. The largest absolute Gasteiger partial charge is 0.368 e. The second-order valence-corrected chi connectivity index (χ2v) is 5.06. The fourth-order valence-electron chi connectivity index (χ4n) is 2.07. The minimum absolute atomic E-state index is 0.0961. The molecule has 0 spiro atoms. The number of nitrogens with zero attached hydrogens (tertiary/aromatic N) is 5. The molecule has 100 valence electrons. The molecule has 0 unspecified atom stereocenters. The molecular formula is C11H13FN6S. The Labute approximate surface area is 113 Å². The van der Waals surface area contributed by atoms with E-state index in [4.69, 9.17) is 5.73 Å². The van der Waals surface area contributed by atoms with Crippen LogP contribution in [0, 0.1) is 5.82 Å². The van der Waals surface area contributed by atoms with E-state index in [1.165, 1.54) is 0 Å². The molecule has 2 aromatic rings. The molecule has 0 saturated carbocycles. The van der Waals surface area contributed by atoms with Gasteiger partial charge in [0.25, 0.3) is 0 Å². The van der Waals surface area contributed by atoms with Gasteiger partial charge in [0.2, 0.25) is 5.95 Å². The van der Waals surface area contributed by atoms with Gasteiger partial charge in [0.15, 0.2) is 16.8 Å². The van der Waals surface area contributed by atoms with Crippen LogP contribution in [0.15, 0.2) is 17.8 Å². The first-order valence-electron chi connectivity index (χ1n) is 5.91. The third-order valence-electron chi connectivity index (χ3n) is 3.01. The number of rotatable bonds is 2. The normalized spacial score (nSPS) is 15.8. The highest BCUT2D eigenvalue weighted by atomic mass is 32.1. The standard InChI is InChI=1S/C11H13FN6S/c12-8-7-15-10(13)16-9(8)17-2-4-18(5-3-17)11-14-1-6-19-11/h1,6-7H,2-5H2,(H2,13,15,16). The quantitative estimate of drug-likeness (QED) is 0.884. The molecular weight excluding hydrogens is 267 g/mol. The van der Waals surface area contributed by atoms with Crippen molar-refractivity contribution >= 4 is 28.2 Å². The Morgan fingerprint density at radius 2 is 1.89 bits per heavy atom. The van der Waals surface area contributed by atoms with Gasteiger partial charge >= 0.3 is 0 Å². The van der Waals surface area contributed by atoms with Crippen molar-refractivity contribution in [3.8, 4) is 0 Å². The number of hydrogen-bond acceptors (Lipinski definition) is 7. The van der Waals surface area contributed by atoms with Crippen molar-refractivity contribution in [1.82, 2.24) is 15.0 Å². The fraction of sp³-hybridized carbons (Fsp3) is 0.364. The van der Waals surface area contributed by atoms with E-state index in [2.05, 4.69) is 19.9 Å². The van der Waals surface area contributed by atoms with Crippen molar-refractivity contribution in [1.29, 1.82) is 0 Å². The smallest absolute Gasteiger partial charge is 0.222 e. The van der Waals surface area contributed by atoms with E-state index in [9.17, 15) is 4.39 Å². The van der Waals surface area contributed by atoms with E-state index < -0.39 is 5.82 Å². The van der Waals surface area contributed by atoms with Gasteiger partial charge < -0.3 is 15.5 Å². The highest BCUT2D eigenvalue weighted by Crippen LogP contribution is 2.22. The second-order valence-electron chi connectivity index (χ2n) is 4.19. The van der Waals surface area contributed by atoms with Crippen LogP contribution in [0.4, 0.5) is 21.3 Å². The van der Waals surface area contributed by atoms with Crippen LogP contribution in [0.25, 0.3) is 0 Å². The number of piperazine rings is 1. The van der Waals surface area contributed by atoms with Crippen molar-refractivity contribution in [3.63, 3.8) is 0 Å². The predicted octanol–water partition coefficient (Wildman–Crippen LogP) is 0.981. The monoisotopic (exact) mass is 280 g/mol. The molecule has 0 bridgehead atoms. The average molecular weight is 280 g/mol. The highest BCUT2D eigenvalue weighted by molar-refractivity contribution is 7.13. The van der Waals surface area contributed by atoms with E-state index >= 15 is 0 Å². The highest BCUT2D eigenvalue weighted by Gasteiger charge is 2.22. The van der Waals surface area contributed by atoms with Crippen molar-refractivity contribution in [3.05, 3.63) is 23.6 Å². The molecule has 2 N–H and O–H groups in total. The zero-order valence-electron chi connectivity index (χ0n) is 10.2. The molecule has 19 heavy (non-hydrogen) atoms. The Balaban J connectivity index is 1.71. The molecule has 1 aliphatic heterocycles. The van der Waals surface area contributed by atoms with Crippen LogP contribution < -0.4 is 15.5 Å². The van der Waals surface area contributed by atoms with Crippen LogP contribution >= 0.6 is 11.3 Å². The third kappa shape index (κ3) is 2.43. The average Bonchev–Trinajstić information content (AvgIpc) is 2.96. The van der Waals surface area contributed by atoms with Crippen molar-refractivity contribution in [2.75, 3.05) is 41.7 Å². The van der Waals surface area contributed by atoms with Crippen LogP contribution in [-0.2, 0) is 0 Å². The number of halogens is 1. The van der Waals surface area contributed by atoms with E-state index in [0.717, 1.165) is 24.4 Å². The minimum Gasteiger partial charge on any atom is -0.368 e. The third-order valence-corrected chi connectivity index (χ3v) is 3.85. The Hall–Kier alpha value is -1.96. The van der Waals surface area contributed by atoms with Crippen LogP contribution in [0.2, 0.25) is 0 Å². The first kappa shape index (κ1) is 12.1. The van der Waals surface area contributed by atoms with Gasteiger partial charge in [-0.1, -0.05) is 0 Å². The molecule has 3 heterocycles. The summed E-state index contributed by atoms with van der Waals surface area (Å²) in [7, 11) is 0. The number of hydrogen-bond donors (Lipinski definition) is 1. The van der Waals surface area contributed by atoms with Crippen LogP contribution in [0.1, 0.15) is 0 Å². The van der Waals surface area contributed by atoms with Gasteiger partial charge in [-0.2, -0.15) is 4.98 Å². The van der Waals surface area contributed by atoms with E-state index in [1.54, 1.807) is 17.5 Å². The van der Waals surface area contributed by atoms with Gasteiger partial charge in [0.1, 0.15) is 0 Å². The summed E-state index contributed by atoms with van der Waals surface area (Å²) >= 11 is 1.61. The summed E-state index contributed by atoms with van der Waals surface area (Å²) in [6.45, 7) is 2.95. The molecule has 0 aliphatic carbocycles.